The average molecular weight is 353 g/mol. The monoisotopic (exact) mass is 352 g/mol. The molecule has 0 aliphatic carbocycles. The summed E-state index contributed by atoms with van der Waals surface area (Å²) in [6, 6.07) is 0. The Bertz CT molecular complexity index is 1070. The largest absolute Gasteiger partial charge is 0.133 e. The van der Waals surface area contributed by atoms with Crippen LogP contribution >= 0.6 is 22.7 Å². The Kier molecular flexibility index (Phi) is 3.40. The van der Waals surface area contributed by atoms with E-state index in [0.29, 0.717) is 0 Å². The van der Waals surface area contributed by atoms with Gasteiger partial charge in [0, 0.05) is 20.2 Å². The molecule has 2 heterocycles. The smallest absolute Gasteiger partial charge is 0.0545 e. The molecular weight excluding hydrogens is 328 g/mol. The number of aryl methyl sites for hydroxylation is 4. The number of benzene rings is 2. The van der Waals surface area contributed by atoms with Crippen molar-refractivity contribution in [2.24, 2.45) is 0 Å². The molecule has 0 saturated carbocycles. The van der Waals surface area contributed by atoms with Gasteiger partial charge in [-0.3, -0.25) is 0 Å². The van der Waals surface area contributed by atoms with Gasteiger partial charge in [0.1, 0.15) is 0 Å². The lowest BCUT2D eigenvalue weighted by Gasteiger charge is -2.11. The van der Waals surface area contributed by atoms with E-state index in [-0.39, 0.29) is 0 Å². The van der Waals surface area contributed by atoms with E-state index in [9.17, 15) is 0 Å². The molecule has 2 aromatic carbocycles. The Hall–Kier alpha value is -1.38. The Morgan fingerprint density at radius 3 is 0.958 bits per heavy atom. The fourth-order valence-corrected chi connectivity index (χ4v) is 7.20. The summed E-state index contributed by atoms with van der Waals surface area (Å²) in [5, 5.41) is 3.01. The van der Waals surface area contributed by atoms with Gasteiger partial charge in [-0.1, -0.05) is 0 Å². The summed E-state index contributed by atoms with van der Waals surface area (Å²) in [6.07, 6.45) is 0. The van der Waals surface area contributed by atoms with Gasteiger partial charge in [-0.2, -0.15) is 0 Å². The molecule has 0 fully saturated rings. The maximum Gasteiger partial charge on any atom is 0.0545 e. The van der Waals surface area contributed by atoms with Crippen molar-refractivity contribution in [3.63, 3.8) is 0 Å². The van der Waals surface area contributed by atoms with Crippen molar-refractivity contribution in [2.75, 3.05) is 0 Å². The third kappa shape index (κ3) is 1.79. The van der Waals surface area contributed by atoms with E-state index in [1.807, 2.05) is 22.7 Å². The van der Waals surface area contributed by atoms with Crippen molar-refractivity contribution in [3.05, 3.63) is 44.5 Å². The standard InChI is InChI=1S/C22H24S2/c1-9-11(3)15(7)19-17(13(9)5)21-22(23-19)18-14(6)10(2)12(4)16(8)20(18)24-21/h1-8H3. The fraction of sp³-hybridized carbons (Fsp3) is 0.364. The predicted molar refractivity (Wildman–Crippen MR) is 113 cm³/mol. The molecule has 0 bridgehead atoms. The highest BCUT2D eigenvalue weighted by Gasteiger charge is 2.21. The molecule has 0 N–H and O–H groups in total. The molecule has 4 aromatic rings. The third-order valence-corrected chi connectivity index (χ3v) is 9.11. The summed E-state index contributed by atoms with van der Waals surface area (Å²) in [4.78, 5) is 0. The quantitative estimate of drug-likeness (QED) is 0.303. The lowest BCUT2D eigenvalue weighted by Crippen LogP contribution is -1.91. The minimum absolute atomic E-state index is 1.46. The van der Waals surface area contributed by atoms with E-state index < -0.39 is 0 Å². The van der Waals surface area contributed by atoms with Crippen molar-refractivity contribution < 1.29 is 0 Å². The zero-order valence-electron chi connectivity index (χ0n) is 15.8. The van der Waals surface area contributed by atoms with Crippen LogP contribution < -0.4 is 0 Å². The summed E-state index contributed by atoms with van der Waals surface area (Å²) in [5.41, 5.74) is 11.7. The highest BCUT2D eigenvalue weighted by Crippen LogP contribution is 2.50. The molecule has 0 saturated heterocycles. The summed E-state index contributed by atoms with van der Waals surface area (Å²) in [5.74, 6) is 0. The Morgan fingerprint density at radius 2 is 0.625 bits per heavy atom. The highest BCUT2D eigenvalue weighted by atomic mass is 32.1. The summed E-state index contributed by atoms with van der Waals surface area (Å²) >= 11 is 4.02. The second kappa shape index (κ2) is 5.06. The van der Waals surface area contributed by atoms with Crippen molar-refractivity contribution >= 4 is 52.2 Å². The van der Waals surface area contributed by atoms with E-state index in [0.717, 1.165) is 0 Å². The van der Waals surface area contributed by atoms with Crippen LogP contribution in [0.2, 0.25) is 0 Å². The van der Waals surface area contributed by atoms with Crippen LogP contribution in [-0.4, -0.2) is 0 Å². The van der Waals surface area contributed by atoms with Crippen molar-refractivity contribution in [1.29, 1.82) is 0 Å². The van der Waals surface area contributed by atoms with Crippen LogP contribution in [0.3, 0.4) is 0 Å². The van der Waals surface area contributed by atoms with Crippen LogP contribution in [0, 0.1) is 55.4 Å². The molecule has 0 unspecified atom stereocenters. The van der Waals surface area contributed by atoms with Gasteiger partial charge in [-0.15, -0.1) is 22.7 Å². The van der Waals surface area contributed by atoms with Crippen LogP contribution in [0.4, 0.5) is 0 Å². The van der Waals surface area contributed by atoms with Crippen molar-refractivity contribution in [1.82, 2.24) is 0 Å². The molecule has 0 radical (unpaired) electrons. The molecular formula is C22H24S2. The van der Waals surface area contributed by atoms with Gasteiger partial charge < -0.3 is 0 Å². The number of fused-ring (bicyclic) bond motifs is 5. The van der Waals surface area contributed by atoms with Gasteiger partial charge in [0.15, 0.2) is 0 Å². The normalized spacial score (nSPS) is 12.2. The lowest BCUT2D eigenvalue weighted by atomic mass is 9.95. The van der Waals surface area contributed by atoms with Crippen molar-refractivity contribution in [3.8, 4) is 0 Å². The van der Waals surface area contributed by atoms with Crippen LogP contribution in [0.15, 0.2) is 0 Å². The SMILES string of the molecule is Cc1c(C)c(C)c2c(sc3c2sc2c(C)c(C)c(C)c(C)c23)c1C. The third-order valence-electron chi connectivity index (χ3n) is 6.33. The van der Waals surface area contributed by atoms with Crippen LogP contribution in [0.5, 0.6) is 0 Å². The maximum absolute atomic E-state index is 2.30. The van der Waals surface area contributed by atoms with Gasteiger partial charge in [0.25, 0.3) is 0 Å². The van der Waals surface area contributed by atoms with Gasteiger partial charge in [-0.25, -0.2) is 0 Å². The van der Waals surface area contributed by atoms with E-state index in [4.69, 9.17) is 0 Å². The van der Waals surface area contributed by atoms with Gasteiger partial charge in [-0.05, 0) is 99.9 Å². The Labute approximate surface area is 152 Å². The van der Waals surface area contributed by atoms with E-state index >= 15 is 0 Å². The van der Waals surface area contributed by atoms with Crippen LogP contribution in [0.25, 0.3) is 29.6 Å². The molecule has 0 aliphatic rings. The topological polar surface area (TPSA) is 0 Å². The van der Waals surface area contributed by atoms with E-state index in [1.165, 1.54) is 74.1 Å². The van der Waals surface area contributed by atoms with E-state index in [1.54, 1.807) is 0 Å². The average Bonchev–Trinajstić information content (AvgIpc) is 3.10. The number of hydrogen-bond donors (Lipinski definition) is 0. The highest BCUT2D eigenvalue weighted by molar-refractivity contribution is 7.36. The minimum Gasteiger partial charge on any atom is -0.133 e. The lowest BCUT2D eigenvalue weighted by molar-refractivity contribution is 1.26. The Balaban J connectivity index is 2.35. The number of thiophene rings is 2. The second-order valence-corrected chi connectivity index (χ2v) is 9.31. The first-order valence-corrected chi connectivity index (χ1v) is 10.2. The first-order chi connectivity index (χ1) is 11.3. The van der Waals surface area contributed by atoms with Crippen molar-refractivity contribution in [2.45, 2.75) is 55.4 Å². The van der Waals surface area contributed by atoms with Crippen LogP contribution in [0.1, 0.15) is 44.5 Å². The molecule has 0 amide bonds. The summed E-state index contributed by atoms with van der Waals surface area (Å²) in [6.45, 7) is 18.3. The first kappa shape index (κ1) is 16.1. The molecule has 0 spiro atoms. The minimum atomic E-state index is 1.46. The van der Waals surface area contributed by atoms with Gasteiger partial charge in [0.05, 0.1) is 9.40 Å². The molecule has 0 nitrogen and oxygen atoms in total. The van der Waals surface area contributed by atoms with E-state index in [2.05, 4.69) is 55.4 Å². The van der Waals surface area contributed by atoms with Gasteiger partial charge in [0.2, 0.25) is 0 Å². The second-order valence-electron chi connectivity index (χ2n) is 7.27. The molecule has 0 aliphatic heterocycles. The molecule has 124 valence electrons. The summed E-state index contributed by atoms with van der Waals surface area (Å²) in [7, 11) is 0. The number of rotatable bonds is 0. The summed E-state index contributed by atoms with van der Waals surface area (Å²) < 4.78 is 6.00. The first-order valence-electron chi connectivity index (χ1n) is 8.57. The molecule has 0 atom stereocenters. The molecule has 2 aromatic heterocycles. The Morgan fingerprint density at radius 1 is 0.333 bits per heavy atom. The zero-order valence-corrected chi connectivity index (χ0v) is 17.4. The fourth-order valence-electron chi connectivity index (χ4n) is 3.98. The number of hydrogen-bond acceptors (Lipinski definition) is 2. The molecule has 4 rings (SSSR count). The predicted octanol–water partition coefficient (Wildman–Crippen LogP) is 7.74. The van der Waals surface area contributed by atoms with Gasteiger partial charge >= 0.3 is 0 Å². The molecule has 24 heavy (non-hydrogen) atoms. The maximum atomic E-state index is 2.30. The molecule has 2 heteroatoms. The van der Waals surface area contributed by atoms with Crippen LogP contribution in [-0.2, 0) is 0 Å². The zero-order chi connectivity index (χ0) is 17.5.